The Hall–Kier alpha value is -2.90. The number of amidine groups is 1. The van der Waals surface area contributed by atoms with Crippen molar-refractivity contribution in [3.8, 4) is 0 Å². The molecule has 2 aliphatic rings. The zero-order valence-corrected chi connectivity index (χ0v) is 37.4. The number of amides is 1. The zero-order chi connectivity index (χ0) is 41.8. The van der Waals surface area contributed by atoms with Crippen molar-refractivity contribution in [3.05, 3.63) is 65.3 Å². The first-order chi connectivity index (χ1) is 24.6. The maximum atomic E-state index is 11.8. The summed E-state index contributed by atoms with van der Waals surface area (Å²) >= 11 is 5.94. The van der Waals surface area contributed by atoms with Crippen LogP contribution >= 0.6 is 67.8 Å². The van der Waals surface area contributed by atoms with E-state index < -0.39 is 59.7 Å². The molecule has 9 N–H and O–H groups in total. The van der Waals surface area contributed by atoms with Crippen molar-refractivity contribution in [1.82, 2.24) is 5.32 Å². The average molecular weight is 1150 g/mol. The van der Waals surface area contributed by atoms with E-state index in [0.717, 1.165) is 10.7 Å². The number of carboxylic acid groups (broad SMARTS) is 1. The van der Waals surface area contributed by atoms with Gasteiger partial charge in [-0.1, -0.05) is 12.2 Å². The van der Waals surface area contributed by atoms with Crippen LogP contribution in [-0.4, -0.2) is 76.7 Å². The second-order valence-electron chi connectivity index (χ2n) is 11.1. The van der Waals surface area contributed by atoms with Crippen LogP contribution in [-0.2, 0) is 54.0 Å². The number of carboxylic acids is 1. The van der Waals surface area contributed by atoms with Gasteiger partial charge in [0, 0.05) is 10.7 Å². The summed E-state index contributed by atoms with van der Waals surface area (Å²) in [6.07, 6.45) is 4.05. The number of anilines is 2. The van der Waals surface area contributed by atoms with Crippen LogP contribution in [0.2, 0.25) is 0 Å². The number of ketones is 3. The van der Waals surface area contributed by atoms with Gasteiger partial charge in [0.15, 0.2) is 0 Å². The number of benzene rings is 2. The van der Waals surface area contributed by atoms with E-state index in [2.05, 4.69) is 15.0 Å². The number of halogens is 3. The summed E-state index contributed by atoms with van der Waals surface area (Å²) < 4.78 is 73.9. The third-order valence-electron chi connectivity index (χ3n) is 6.09. The standard InChI is InChI=1S/C10H13IN2O4S.C9H7IN2O4S.C6H7IN2O2S.C5H8O2/c1-6(14)4-10(15)13-8-3-2-7(11)5-9(8)18(12,16)17;10-5-1-2-6-7(3-5)17(15,16)12-8(11-6)4-9(13)14;7-4-1-2-5(8)6(3-4)12(9,10)11;1-4(6)3-5(2)7/h2-3,5,8-9H,4H2,1H3,(H,13,15)(H2,12,16,17);1-3H,4H2,(H,11,12)(H,13,14);1-3H,8H2,(H2,9,10,11);3H2,1-2H3. The summed E-state index contributed by atoms with van der Waals surface area (Å²) in [5.41, 5.74) is 5.95. The van der Waals surface area contributed by atoms with E-state index in [-0.39, 0.29) is 51.5 Å². The van der Waals surface area contributed by atoms with Crippen LogP contribution in [0.1, 0.15) is 40.0 Å². The SMILES string of the molecule is CC(=O)CC(=O)NC1C=CC(I)=CC1S(N)(=O)=O.CC(=O)CC(C)=O.Nc1ccc(I)cc1S(N)(=O)=O.O=C(O)CC1=NS(=O)(=O)c2cc(I)ccc2N1. The largest absolute Gasteiger partial charge is 0.481 e. The van der Waals surface area contributed by atoms with Crippen LogP contribution in [0, 0.1) is 7.14 Å². The van der Waals surface area contributed by atoms with Gasteiger partial charge in [-0.25, -0.2) is 27.1 Å². The molecule has 0 radical (unpaired) electrons. The quantitative estimate of drug-likeness (QED) is 0.119. The van der Waals surface area contributed by atoms with Crippen molar-refractivity contribution in [2.24, 2.45) is 14.7 Å². The number of carbonyl (C=O) groups excluding carboxylic acids is 4. The van der Waals surface area contributed by atoms with Gasteiger partial charge in [0.05, 0.1) is 30.3 Å². The Balaban J connectivity index is 0.000000378. The molecule has 2 aromatic carbocycles. The number of sulfonamides is 3. The molecule has 0 saturated heterocycles. The molecule has 2 unspecified atom stereocenters. The van der Waals surface area contributed by atoms with Crippen molar-refractivity contribution in [2.45, 2.75) is 61.1 Å². The number of hydrogen-bond acceptors (Lipinski definition) is 13. The van der Waals surface area contributed by atoms with Crippen molar-refractivity contribution in [3.63, 3.8) is 0 Å². The van der Waals surface area contributed by atoms with Crippen LogP contribution < -0.4 is 26.6 Å². The fraction of sp³-hybridized carbons (Fsp3) is 0.267. The summed E-state index contributed by atoms with van der Waals surface area (Å²) in [5, 5.41) is 22.8. The molecular weight excluding hydrogens is 1110 g/mol. The summed E-state index contributed by atoms with van der Waals surface area (Å²) in [6, 6.07) is 8.72. The minimum atomic E-state index is -3.81. The third-order valence-corrected chi connectivity index (χ3v) is 11.7. The van der Waals surface area contributed by atoms with Crippen molar-refractivity contribution in [1.29, 1.82) is 0 Å². The highest BCUT2D eigenvalue weighted by atomic mass is 127. The maximum Gasteiger partial charge on any atom is 0.311 e. The normalized spacial score (nSPS) is 16.7. The van der Waals surface area contributed by atoms with Gasteiger partial charge in [-0.2, -0.15) is 8.42 Å². The number of nitrogens with two attached hydrogens (primary N) is 3. The predicted octanol–water partition coefficient (Wildman–Crippen LogP) is 2.35. The van der Waals surface area contributed by atoms with E-state index in [0.29, 0.717) is 5.69 Å². The van der Waals surface area contributed by atoms with E-state index in [4.69, 9.17) is 21.1 Å². The lowest BCUT2D eigenvalue weighted by Gasteiger charge is -2.24. The van der Waals surface area contributed by atoms with Crippen LogP contribution in [0.3, 0.4) is 0 Å². The Morgan fingerprint density at radius 3 is 1.89 bits per heavy atom. The molecule has 1 amide bonds. The van der Waals surface area contributed by atoms with E-state index in [1.54, 1.807) is 30.4 Å². The second-order valence-corrected chi connectivity index (χ2v) is 19.7. The number of Topliss-reactive ketones (excluding diaryl/α,β-unsaturated/α-hetero) is 3. The van der Waals surface area contributed by atoms with E-state index in [1.165, 1.54) is 45.0 Å². The lowest BCUT2D eigenvalue weighted by atomic mass is 10.1. The molecule has 18 nitrogen and oxygen atoms in total. The molecule has 0 fully saturated rings. The number of hydrogen-bond donors (Lipinski definition) is 6. The average Bonchev–Trinajstić information content (AvgIpc) is 2.98. The van der Waals surface area contributed by atoms with Crippen LogP contribution in [0.15, 0.2) is 72.4 Å². The number of carbonyl (C=O) groups is 5. The number of fused-ring (bicyclic) bond motifs is 1. The van der Waals surface area contributed by atoms with Crippen molar-refractivity contribution < 1.29 is 54.3 Å². The number of nitrogens with one attached hydrogen (secondary N) is 2. The lowest BCUT2D eigenvalue weighted by molar-refractivity contribution is -0.135. The number of aliphatic carboxylic acids is 1. The Labute approximate surface area is 352 Å². The molecule has 1 aliphatic heterocycles. The minimum Gasteiger partial charge on any atom is -0.481 e. The number of primary sulfonamides is 2. The van der Waals surface area contributed by atoms with E-state index in [1.807, 2.05) is 67.8 Å². The Morgan fingerprint density at radius 2 is 1.43 bits per heavy atom. The Bertz CT molecular complexity index is 2220. The maximum absolute atomic E-state index is 11.8. The summed E-state index contributed by atoms with van der Waals surface area (Å²) in [6.45, 7) is 4.10. The van der Waals surface area contributed by atoms with Crippen molar-refractivity contribution >= 4 is 144 Å². The molecule has 2 atom stereocenters. The van der Waals surface area contributed by atoms with Crippen molar-refractivity contribution in [2.75, 3.05) is 11.1 Å². The minimum absolute atomic E-state index is 0.0191. The molecule has 0 bridgehead atoms. The van der Waals surface area contributed by atoms with Crippen LogP contribution in [0.4, 0.5) is 11.4 Å². The molecular formula is C30H35I3N6O12S3. The first kappa shape index (κ1) is 49.1. The summed E-state index contributed by atoms with van der Waals surface area (Å²) in [4.78, 5) is 52.9. The molecule has 0 saturated carbocycles. The molecule has 24 heteroatoms. The molecule has 1 heterocycles. The van der Waals surface area contributed by atoms with Gasteiger partial charge in [0.2, 0.25) is 26.0 Å². The number of rotatable bonds is 9. The Morgan fingerprint density at radius 1 is 0.889 bits per heavy atom. The third kappa shape index (κ3) is 18.2. The lowest BCUT2D eigenvalue weighted by Crippen LogP contribution is -2.48. The fourth-order valence-electron chi connectivity index (χ4n) is 4.02. The van der Waals surface area contributed by atoms with E-state index in [9.17, 15) is 49.2 Å². The highest BCUT2D eigenvalue weighted by molar-refractivity contribution is 14.1. The molecule has 2 aromatic rings. The molecule has 1 aliphatic carbocycles. The van der Waals surface area contributed by atoms with Gasteiger partial charge in [0.25, 0.3) is 10.0 Å². The summed E-state index contributed by atoms with van der Waals surface area (Å²) in [7, 11) is -11.3. The molecule has 54 heavy (non-hydrogen) atoms. The van der Waals surface area contributed by atoms with Gasteiger partial charge in [-0.15, -0.1) is 4.40 Å². The fourth-order valence-corrected chi connectivity index (χ4v) is 9.03. The van der Waals surface area contributed by atoms with Gasteiger partial charge in [-0.3, -0.25) is 24.0 Å². The number of nitrogens with zero attached hydrogens (tertiary/aromatic N) is 1. The molecule has 4 rings (SSSR count). The first-order valence-corrected chi connectivity index (χ1v) is 22.5. The smallest absolute Gasteiger partial charge is 0.311 e. The van der Waals surface area contributed by atoms with Gasteiger partial charge >= 0.3 is 5.97 Å². The number of allylic oxidation sites excluding steroid dienone is 2. The highest BCUT2D eigenvalue weighted by Crippen LogP contribution is 2.29. The zero-order valence-electron chi connectivity index (χ0n) is 28.4. The van der Waals surface area contributed by atoms with Crippen LogP contribution in [0.25, 0.3) is 0 Å². The first-order valence-electron chi connectivity index (χ1n) is 14.7. The second kappa shape index (κ2) is 21.4. The molecule has 296 valence electrons. The highest BCUT2D eigenvalue weighted by Gasteiger charge is 2.31. The van der Waals surface area contributed by atoms with E-state index >= 15 is 0 Å². The van der Waals surface area contributed by atoms with Gasteiger partial charge in [-0.05, 0) is 131 Å². The van der Waals surface area contributed by atoms with Crippen LogP contribution in [0.5, 0.6) is 0 Å². The molecule has 0 aromatic heterocycles. The summed E-state index contributed by atoms with van der Waals surface area (Å²) in [5.74, 6) is -2.15. The predicted molar refractivity (Wildman–Crippen MR) is 226 cm³/mol. The molecule has 0 spiro atoms. The number of nitrogen functional groups attached to an aromatic ring is 1. The topological polar surface area (TPSA) is 322 Å². The Kier molecular flexibility index (Phi) is 19.5. The van der Waals surface area contributed by atoms with Gasteiger partial charge < -0.3 is 21.5 Å². The van der Waals surface area contributed by atoms with Gasteiger partial charge in [0.1, 0.15) is 44.6 Å². The monoisotopic (exact) mass is 1150 g/mol.